The molecule has 1 aromatic heterocycles. The summed E-state index contributed by atoms with van der Waals surface area (Å²) in [4.78, 5) is 21.5. The standard InChI is InChI=1S/C23H23ClN6O/c24-18-13-26-23-28-16-4-1-3-14(11-16)6-7-15-12-17(27-21(18)30-23)8-9-19(15)29-22(31)20-5-2-10-25-20/h1,3-4,8-9,11-13,20,25H,2,5-7,10H2,(H,29,31)(H2,26,27,28,30). The Labute approximate surface area is 185 Å². The molecule has 5 rings (SSSR count). The van der Waals surface area contributed by atoms with Gasteiger partial charge in [-0.1, -0.05) is 23.7 Å². The topological polar surface area (TPSA) is 91.0 Å². The Morgan fingerprint density at radius 1 is 1.10 bits per heavy atom. The van der Waals surface area contributed by atoms with Crippen molar-refractivity contribution in [2.45, 2.75) is 31.7 Å². The van der Waals surface area contributed by atoms with Crippen molar-refractivity contribution in [3.05, 3.63) is 64.8 Å². The molecule has 1 unspecified atom stereocenters. The van der Waals surface area contributed by atoms with Crippen LogP contribution in [0.25, 0.3) is 0 Å². The molecule has 3 heterocycles. The van der Waals surface area contributed by atoms with Gasteiger partial charge in [-0.05, 0) is 73.7 Å². The van der Waals surface area contributed by atoms with Crippen LogP contribution in [-0.4, -0.2) is 28.5 Å². The number of nitrogens with one attached hydrogen (secondary N) is 4. The number of nitrogens with zero attached hydrogens (tertiary/aromatic N) is 2. The van der Waals surface area contributed by atoms with Crippen molar-refractivity contribution in [2.24, 2.45) is 0 Å². The lowest BCUT2D eigenvalue weighted by Crippen LogP contribution is -2.35. The molecule has 2 aromatic carbocycles. The highest BCUT2D eigenvalue weighted by atomic mass is 35.5. The van der Waals surface area contributed by atoms with Crippen molar-refractivity contribution in [1.82, 2.24) is 15.3 Å². The van der Waals surface area contributed by atoms with Crippen molar-refractivity contribution in [2.75, 3.05) is 22.5 Å². The summed E-state index contributed by atoms with van der Waals surface area (Å²) < 4.78 is 0. The molecule has 1 amide bonds. The lowest BCUT2D eigenvalue weighted by Gasteiger charge is -2.16. The van der Waals surface area contributed by atoms with Gasteiger partial charge in [0.15, 0.2) is 5.82 Å². The molecule has 4 N–H and O–H groups in total. The molecule has 1 saturated heterocycles. The van der Waals surface area contributed by atoms with E-state index in [4.69, 9.17) is 11.6 Å². The Balaban J connectivity index is 1.51. The van der Waals surface area contributed by atoms with Crippen LogP contribution in [0.15, 0.2) is 48.7 Å². The van der Waals surface area contributed by atoms with Crippen LogP contribution >= 0.6 is 11.6 Å². The first-order valence-electron chi connectivity index (χ1n) is 10.5. The maximum atomic E-state index is 12.7. The lowest BCUT2D eigenvalue weighted by molar-refractivity contribution is -0.117. The zero-order valence-corrected chi connectivity index (χ0v) is 17.7. The molecule has 158 valence electrons. The van der Waals surface area contributed by atoms with E-state index in [1.165, 1.54) is 5.56 Å². The van der Waals surface area contributed by atoms with Gasteiger partial charge in [-0.15, -0.1) is 0 Å². The quantitative estimate of drug-likeness (QED) is 0.477. The Morgan fingerprint density at radius 2 is 2.00 bits per heavy atom. The summed E-state index contributed by atoms with van der Waals surface area (Å²) in [5, 5.41) is 13.3. The van der Waals surface area contributed by atoms with Crippen molar-refractivity contribution in [1.29, 1.82) is 0 Å². The zero-order valence-electron chi connectivity index (χ0n) is 16.9. The van der Waals surface area contributed by atoms with E-state index in [0.29, 0.717) is 16.8 Å². The summed E-state index contributed by atoms with van der Waals surface area (Å²) >= 11 is 6.33. The van der Waals surface area contributed by atoms with Gasteiger partial charge in [0, 0.05) is 17.1 Å². The van der Waals surface area contributed by atoms with E-state index in [-0.39, 0.29) is 11.9 Å². The van der Waals surface area contributed by atoms with Crippen molar-refractivity contribution in [3.63, 3.8) is 0 Å². The van der Waals surface area contributed by atoms with Gasteiger partial charge in [0.1, 0.15) is 5.02 Å². The predicted octanol–water partition coefficient (Wildman–Crippen LogP) is 4.41. The van der Waals surface area contributed by atoms with Gasteiger partial charge in [0.25, 0.3) is 0 Å². The fourth-order valence-corrected chi connectivity index (χ4v) is 4.13. The third-order valence-electron chi connectivity index (χ3n) is 5.61. The highest BCUT2D eigenvalue weighted by Crippen LogP contribution is 2.29. The van der Waals surface area contributed by atoms with Crippen LogP contribution in [-0.2, 0) is 17.6 Å². The SMILES string of the molecule is O=C(Nc1ccc2cc1CCc1cccc(c1)Nc1ncc(Cl)c(n1)N2)C1CCCN1. The highest BCUT2D eigenvalue weighted by molar-refractivity contribution is 6.32. The summed E-state index contributed by atoms with van der Waals surface area (Å²) in [5.74, 6) is 1.01. The van der Waals surface area contributed by atoms with Crippen molar-refractivity contribution >= 4 is 46.3 Å². The summed E-state index contributed by atoms with van der Waals surface area (Å²) in [6.07, 6.45) is 5.09. The van der Waals surface area contributed by atoms with Crippen LogP contribution in [0.5, 0.6) is 0 Å². The molecule has 6 bridgehead atoms. The Bertz CT molecular complexity index is 1130. The number of anilines is 5. The summed E-state index contributed by atoms with van der Waals surface area (Å²) in [6, 6.07) is 14.0. The number of hydrogen-bond donors (Lipinski definition) is 4. The first-order valence-corrected chi connectivity index (χ1v) is 10.8. The van der Waals surface area contributed by atoms with Gasteiger partial charge in [-0.2, -0.15) is 4.98 Å². The van der Waals surface area contributed by atoms with Gasteiger partial charge in [-0.3, -0.25) is 4.79 Å². The number of hydrogen-bond acceptors (Lipinski definition) is 6. The number of carbonyl (C=O) groups excluding carboxylic acids is 1. The molecule has 0 spiro atoms. The Morgan fingerprint density at radius 3 is 2.87 bits per heavy atom. The average Bonchev–Trinajstić information content (AvgIpc) is 3.31. The first-order chi connectivity index (χ1) is 15.1. The third-order valence-corrected chi connectivity index (χ3v) is 5.89. The summed E-state index contributed by atoms with van der Waals surface area (Å²) in [7, 11) is 0. The Hall–Kier alpha value is -3.16. The van der Waals surface area contributed by atoms with Gasteiger partial charge in [-0.25, -0.2) is 4.98 Å². The molecule has 0 saturated carbocycles. The predicted molar refractivity (Wildman–Crippen MR) is 124 cm³/mol. The monoisotopic (exact) mass is 434 g/mol. The maximum Gasteiger partial charge on any atom is 0.241 e. The molecule has 7 nitrogen and oxygen atoms in total. The number of amides is 1. The van der Waals surface area contributed by atoms with Gasteiger partial charge < -0.3 is 21.3 Å². The fraction of sp³-hybridized carbons (Fsp3) is 0.261. The number of aryl methyl sites for hydroxylation is 2. The van der Waals surface area contributed by atoms with Crippen LogP contribution in [0.3, 0.4) is 0 Å². The molecule has 1 atom stereocenters. The molecule has 0 radical (unpaired) electrons. The lowest BCUT2D eigenvalue weighted by atomic mass is 10.0. The second-order valence-electron chi connectivity index (χ2n) is 7.85. The summed E-state index contributed by atoms with van der Waals surface area (Å²) in [5.41, 5.74) is 4.84. The second-order valence-corrected chi connectivity index (χ2v) is 8.26. The average molecular weight is 435 g/mol. The van der Waals surface area contributed by atoms with E-state index in [9.17, 15) is 4.79 Å². The number of benzene rings is 2. The van der Waals surface area contributed by atoms with E-state index in [0.717, 1.165) is 54.9 Å². The fourth-order valence-electron chi connectivity index (χ4n) is 3.99. The van der Waals surface area contributed by atoms with E-state index in [2.05, 4.69) is 43.4 Å². The largest absolute Gasteiger partial charge is 0.339 e. The van der Waals surface area contributed by atoms with Gasteiger partial charge in [0.2, 0.25) is 11.9 Å². The minimum atomic E-state index is -0.124. The molecule has 1 fully saturated rings. The number of carbonyl (C=O) groups is 1. The minimum absolute atomic E-state index is 0.0204. The molecular formula is C23H23ClN6O. The molecular weight excluding hydrogens is 412 g/mol. The van der Waals surface area contributed by atoms with Gasteiger partial charge >= 0.3 is 0 Å². The van der Waals surface area contributed by atoms with E-state index < -0.39 is 0 Å². The van der Waals surface area contributed by atoms with Crippen LogP contribution < -0.4 is 21.3 Å². The normalized spacial score (nSPS) is 17.4. The number of halogens is 1. The third kappa shape index (κ3) is 4.47. The Kier molecular flexibility index (Phi) is 5.44. The molecule has 0 aliphatic carbocycles. The number of aromatic nitrogens is 2. The summed E-state index contributed by atoms with van der Waals surface area (Å²) in [6.45, 7) is 0.889. The van der Waals surface area contributed by atoms with E-state index >= 15 is 0 Å². The smallest absolute Gasteiger partial charge is 0.241 e. The second kappa shape index (κ2) is 8.53. The van der Waals surface area contributed by atoms with E-state index in [1.54, 1.807) is 6.20 Å². The molecule has 3 aromatic rings. The molecule has 8 heteroatoms. The van der Waals surface area contributed by atoms with Crippen LogP contribution in [0.4, 0.5) is 28.8 Å². The molecule has 31 heavy (non-hydrogen) atoms. The van der Waals surface area contributed by atoms with Gasteiger partial charge in [0.05, 0.1) is 12.2 Å². The number of rotatable bonds is 2. The first kappa shape index (κ1) is 19.8. The molecule has 2 aliphatic heterocycles. The maximum absolute atomic E-state index is 12.7. The van der Waals surface area contributed by atoms with E-state index in [1.807, 2.05) is 30.3 Å². The van der Waals surface area contributed by atoms with Crippen LogP contribution in [0, 0.1) is 0 Å². The van der Waals surface area contributed by atoms with Crippen molar-refractivity contribution in [3.8, 4) is 0 Å². The number of fused-ring (bicyclic) bond motifs is 6. The van der Waals surface area contributed by atoms with Crippen molar-refractivity contribution < 1.29 is 4.79 Å². The van der Waals surface area contributed by atoms with Crippen LogP contribution in [0.1, 0.15) is 24.0 Å². The minimum Gasteiger partial charge on any atom is -0.339 e. The zero-order chi connectivity index (χ0) is 21.2. The molecule has 2 aliphatic rings. The highest BCUT2D eigenvalue weighted by Gasteiger charge is 2.22. The van der Waals surface area contributed by atoms with Crippen LogP contribution in [0.2, 0.25) is 5.02 Å².